The first-order valence-corrected chi connectivity index (χ1v) is 11.3. The Morgan fingerprint density at radius 2 is 1.59 bits per heavy atom. The predicted molar refractivity (Wildman–Crippen MR) is 128 cm³/mol. The fourth-order valence-electron chi connectivity index (χ4n) is 4.13. The smallest absolute Gasteiger partial charge is 0.407 e. The van der Waals surface area contributed by atoms with E-state index in [1.54, 1.807) is 0 Å². The second kappa shape index (κ2) is 11.2. The highest BCUT2D eigenvalue weighted by Crippen LogP contribution is 2.44. The first kappa shape index (κ1) is 25.2. The van der Waals surface area contributed by atoms with Gasteiger partial charge in [-0.2, -0.15) is 0 Å². The third kappa shape index (κ3) is 6.81. The van der Waals surface area contributed by atoms with Crippen LogP contribution in [0.15, 0.2) is 48.5 Å². The van der Waals surface area contributed by atoms with Gasteiger partial charge in [0.2, 0.25) is 5.91 Å². The zero-order valence-electron chi connectivity index (χ0n) is 19.8. The molecule has 0 aliphatic heterocycles. The lowest BCUT2D eigenvalue weighted by molar-refractivity contribution is -0.142. The lowest BCUT2D eigenvalue weighted by atomic mass is 9.88. The van der Waals surface area contributed by atoms with Gasteiger partial charge in [0.05, 0.1) is 6.61 Å². The highest BCUT2D eigenvalue weighted by atomic mass is 16.5. The number of rotatable bonds is 10. The topological polar surface area (TPSA) is 114 Å². The molecule has 2 aromatic carbocycles. The lowest BCUT2D eigenvalue weighted by Crippen LogP contribution is -2.49. The fraction of sp³-hybridized carbons (Fsp3) is 0.423. The van der Waals surface area contributed by atoms with E-state index in [1.165, 1.54) is 0 Å². The second-order valence-corrected chi connectivity index (χ2v) is 9.52. The predicted octanol–water partition coefficient (Wildman–Crippen LogP) is 3.55. The van der Waals surface area contributed by atoms with Crippen LogP contribution < -0.4 is 10.6 Å². The van der Waals surface area contributed by atoms with Crippen LogP contribution in [0.2, 0.25) is 0 Å². The minimum atomic E-state index is -1.08. The largest absolute Gasteiger partial charge is 0.480 e. The van der Waals surface area contributed by atoms with E-state index in [2.05, 4.69) is 22.8 Å². The number of carboxylic acid groups (broad SMARTS) is 1. The maximum absolute atomic E-state index is 12.7. The fourth-order valence-corrected chi connectivity index (χ4v) is 4.13. The molecular weight excluding hydrogens is 436 g/mol. The summed E-state index contributed by atoms with van der Waals surface area (Å²) in [5.41, 5.74) is 4.28. The minimum Gasteiger partial charge on any atom is -0.480 e. The summed E-state index contributed by atoms with van der Waals surface area (Å²) in [5.74, 6) is -1.52. The number of amides is 2. The summed E-state index contributed by atoms with van der Waals surface area (Å²) in [6.45, 7) is 5.85. The number of ether oxygens (including phenoxy) is 2. The average molecular weight is 469 g/mol. The maximum atomic E-state index is 12.7. The molecule has 0 heterocycles. The van der Waals surface area contributed by atoms with Gasteiger partial charge in [0, 0.05) is 12.5 Å². The number of nitrogens with one attached hydrogen (secondary N) is 2. The molecule has 0 aromatic heterocycles. The van der Waals surface area contributed by atoms with Crippen LogP contribution in [0.25, 0.3) is 11.1 Å². The van der Waals surface area contributed by atoms with Gasteiger partial charge in [0.25, 0.3) is 0 Å². The molecule has 3 rings (SSSR count). The van der Waals surface area contributed by atoms with E-state index in [9.17, 15) is 14.4 Å². The number of carbonyl (C=O) groups excluding carboxylic acids is 2. The number of benzene rings is 2. The van der Waals surface area contributed by atoms with Crippen molar-refractivity contribution in [3.8, 4) is 11.1 Å². The number of aliphatic carboxylic acids is 1. The zero-order valence-corrected chi connectivity index (χ0v) is 19.8. The monoisotopic (exact) mass is 468 g/mol. The quantitative estimate of drug-likeness (QED) is 0.460. The van der Waals surface area contributed by atoms with Gasteiger partial charge in [-0.1, -0.05) is 69.3 Å². The van der Waals surface area contributed by atoms with Crippen molar-refractivity contribution in [2.24, 2.45) is 5.41 Å². The Morgan fingerprint density at radius 1 is 1.00 bits per heavy atom. The van der Waals surface area contributed by atoms with Crippen molar-refractivity contribution in [2.75, 3.05) is 26.4 Å². The molecule has 0 spiro atoms. The van der Waals surface area contributed by atoms with Gasteiger partial charge in [-0.3, -0.25) is 4.79 Å². The first-order chi connectivity index (χ1) is 16.2. The summed E-state index contributed by atoms with van der Waals surface area (Å²) in [4.78, 5) is 35.9. The van der Waals surface area contributed by atoms with Gasteiger partial charge in [-0.15, -0.1) is 0 Å². The van der Waals surface area contributed by atoms with Crippen LogP contribution in [0.3, 0.4) is 0 Å². The minimum absolute atomic E-state index is 0.0607. The summed E-state index contributed by atoms with van der Waals surface area (Å²) in [5, 5.41) is 14.0. The van der Waals surface area contributed by atoms with E-state index in [1.807, 2.05) is 57.2 Å². The SMILES string of the molecule is CC(C)(C)CC(NC(=O)OCC1c2ccccc2-c2ccccc21)C(=O)NCCOCC(=O)O. The van der Waals surface area contributed by atoms with Gasteiger partial charge in [-0.25, -0.2) is 9.59 Å². The molecule has 3 N–H and O–H groups in total. The van der Waals surface area contributed by atoms with E-state index in [-0.39, 0.29) is 37.0 Å². The van der Waals surface area contributed by atoms with E-state index in [0.717, 1.165) is 22.3 Å². The number of carboxylic acids is 1. The lowest BCUT2D eigenvalue weighted by Gasteiger charge is -2.26. The van der Waals surface area contributed by atoms with Crippen LogP contribution in [-0.4, -0.2) is 55.5 Å². The molecule has 2 amide bonds. The summed E-state index contributed by atoms with van der Waals surface area (Å²) >= 11 is 0. The molecule has 0 saturated heterocycles. The highest BCUT2D eigenvalue weighted by Gasteiger charge is 2.30. The number of alkyl carbamates (subject to hydrolysis) is 1. The highest BCUT2D eigenvalue weighted by molar-refractivity contribution is 5.85. The molecule has 182 valence electrons. The second-order valence-electron chi connectivity index (χ2n) is 9.52. The van der Waals surface area contributed by atoms with Gasteiger partial charge in [-0.05, 0) is 34.1 Å². The molecule has 34 heavy (non-hydrogen) atoms. The van der Waals surface area contributed by atoms with Gasteiger partial charge < -0.3 is 25.2 Å². The van der Waals surface area contributed by atoms with Crippen molar-refractivity contribution in [1.82, 2.24) is 10.6 Å². The van der Waals surface area contributed by atoms with E-state index < -0.39 is 24.7 Å². The summed E-state index contributed by atoms with van der Waals surface area (Å²) in [6.07, 6.45) is -0.257. The number of fused-ring (bicyclic) bond motifs is 3. The van der Waals surface area contributed by atoms with Crippen LogP contribution in [0.4, 0.5) is 4.79 Å². The molecule has 0 saturated carbocycles. The van der Waals surface area contributed by atoms with E-state index in [4.69, 9.17) is 14.6 Å². The van der Waals surface area contributed by atoms with Gasteiger partial charge in [0.15, 0.2) is 0 Å². The molecule has 0 bridgehead atoms. The summed E-state index contributed by atoms with van der Waals surface area (Å²) < 4.78 is 10.5. The summed E-state index contributed by atoms with van der Waals surface area (Å²) in [6, 6.07) is 15.4. The van der Waals surface area contributed by atoms with Gasteiger partial charge in [0.1, 0.15) is 19.3 Å². The Kier molecular flexibility index (Phi) is 8.28. The third-order valence-corrected chi connectivity index (χ3v) is 5.54. The van der Waals surface area contributed by atoms with Crippen molar-refractivity contribution >= 4 is 18.0 Å². The van der Waals surface area contributed by atoms with Crippen molar-refractivity contribution in [3.05, 3.63) is 59.7 Å². The van der Waals surface area contributed by atoms with Crippen LogP contribution in [-0.2, 0) is 19.1 Å². The first-order valence-electron chi connectivity index (χ1n) is 11.3. The van der Waals surface area contributed by atoms with Crippen LogP contribution in [0.1, 0.15) is 44.2 Å². The van der Waals surface area contributed by atoms with Crippen LogP contribution in [0, 0.1) is 5.41 Å². The standard InChI is InChI=1S/C26H32N2O6/c1-26(2,3)14-22(24(31)27-12-13-33-16-23(29)30)28-25(32)34-15-21-19-10-6-4-8-17(19)18-9-5-7-11-20(18)21/h4-11,21-22H,12-16H2,1-3H3,(H,27,31)(H,28,32)(H,29,30). The Balaban J connectivity index is 1.59. The molecule has 1 aliphatic carbocycles. The van der Waals surface area contributed by atoms with Crippen molar-refractivity contribution < 1.29 is 29.0 Å². The van der Waals surface area contributed by atoms with E-state index in [0.29, 0.717) is 6.42 Å². The molecule has 0 radical (unpaired) electrons. The molecule has 2 aromatic rings. The molecular formula is C26H32N2O6. The zero-order chi connectivity index (χ0) is 24.7. The molecule has 1 unspecified atom stereocenters. The molecule has 1 atom stereocenters. The van der Waals surface area contributed by atoms with Crippen LogP contribution >= 0.6 is 0 Å². The third-order valence-electron chi connectivity index (χ3n) is 5.54. The number of hydrogen-bond donors (Lipinski definition) is 3. The van der Waals surface area contributed by atoms with Gasteiger partial charge >= 0.3 is 12.1 Å². The average Bonchev–Trinajstić information content (AvgIpc) is 3.09. The number of hydrogen-bond acceptors (Lipinski definition) is 5. The number of carbonyl (C=O) groups is 3. The summed E-state index contributed by atoms with van der Waals surface area (Å²) in [7, 11) is 0. The molecule has 8 heteroatoms. The van der Waals surface area contributed by atoms with Crippen molar-refractivity contribution in [2.45, 2.75) is 39.2 Å². The Labute approximate surface area is 199 Å². The van der Waals surface area contributed by atoms with Crippen LogP contribution in [0.5, 0.6) is 0 Å². The molecule has 8 nitrogen and oxygen atoms in total. The molecule has 1 aliphatic rings. The Hall–Kier alpha value is -3.39. The normalized spacial score (nSPS) is 13.5. The Morgan fingerprint density at radius 3 is 2.15 bits per heavy atom. The molecule has 0 fully saturated rings. The maximum Gasteiger partial charge on any atom is 0.407 e. The Bertz CT molecular complexity index is 984. The van der Waals surface area contributed by atoms with Crippen molar-refractivity contribution in [3.63, 3.8) is 0 Å². The van der Waals surface area contributed by atoms with Crippen molar-refractivity contribution in [1.29, 1.82) is 0 Å². The van der Waals surface area contributed by atoms with E-state index >= 15 is 0 Å².